The third-order valence-electron chi connectivity index (χ3n) is 1.93. The number of carbonyl (C=O) groups excluding carboxylic acids is 1. The van der Waals surface area contributed by atoms with E-state index in [0.29, 0.717) is 11.4 Å². The van der Waals surface area contributed by atoms with Crippen molar-refractivity contribution in [1.82, 2.24) is 9.97 Å². The minimum atomic E-state index is 0.127. The summed E-state index contributed by atoms with van der Waals surface area (Å²) in [5.74, 6) is 0.127. The summed E-state index contributed by atoms with van der Waals surface area (Å²) in [5, 5.41) is 0.591. The fraction of sp³-hybridized carbons (Fsp3) is 0.200. The van der Waals surface area contributed by atoms with E-state index in [2.05, 4.69) is 9.97 Å². The zero-order valence-electron chi connectivity index (χ0n) is 7.67. The highest BCUT2D eigenvalue weighted by atomic mass is 35.5. The number of pyridine rings is 1. The third kappa shape index (κ3) is 1.77. The summed E-state index contributed by atoms with van der Waals surface area (Å²) in [5.41, 5.74) is 2.58. The summed E-state index contributed by atoms with van der Waals surface area (Å²) in [4.78, 5) is 18.1. The second kappa shape index (κ2) is 3.42. The summed E-state index contributed by atoms with van der Waals surface area (Å²) < 4.78 is 0. The molecule has 0 fully saturated rings. The first kappa shape index (κ1) is 9.21. The van der Waals surface area contributed by atoms with Crippen molar-refractivity contribution in [3.05, 3.63) is 29.0 Å². The van der Waals surface area contributed by atoms with E-state index in [-0.39, 0.29) is 5.78 Å². The van der Waals surface area contributed by atoms with E-state index in [1.54, 1.807) is 19.2 Å². The average molecular weight is 209 g/mol. The van der Waals surface area contributed by atoms with Gasteiger partial charge >= 0.3 is 0 Å². The second-order valence-electron chi connectivity index (χ2n) is 3.26. The Morgan fingerprint density at radius 3 is 3.07 bits per heavy atom. The van der Waals surface area contributed by atoms with Gasteiger partial charge in [-0.05, 0) is 19.1 Å². The van der Waals surface area contributed by atoms with E-state index < -0.39 is 0 Å². The maximum Gasteiger partial charge on any atom is 0.135 e. The molecule has 72 valence electrons. The van der Waals surface area contributed by atoms with Gasteiger partial charge in [-0.3, -0.25) is 9.78 Å². The molecule has 1 N–H and O–H groups in total. The minimum absolute atomic E-state index is 0.127. The van der Waals surface area contributed by atoms with E-state index in [9.17, 15) is 4.79 Å². The van der Waals surface area contributed by atoms with Gasteiger partial charge in [-0.2, -0.15) is 0 Å². The first-order valence-electron chi connectivity index (χ1n) is 4.28. The van der Waals surface area contributed by atoms with E-state index in [1.165, 1.54) is 0 Å². The van der Waals surface area contributed by atoms with E-state index in [4.69, 9.17) is 11.6 Å². The summed E-state index contributed by atoms with van der Waals surface area (Å²) in [7, 11) is 0. The molecule has 2 heterocycles. The molecule has 0 saturated heterocycles. The topological polar surface area (TPSA) is 45.8 Å². The van der Waals surface area contributed by atoms with Gasteiger partial charge < -0.3 is 4.98 Å². The molecule has 0 unspecified atom stereocenters. The number of Topliss-reactive ketones (excluding diaryl/α,β-unsaturated/α-hetero) is 1. The molecule has 0 aliphatic rings. The van der Waals surface area contributed by atoms with Crippen LogP contribution in [0.2, 0.25) is 5.02 Å². The molecule has 0 atom stereocenters. The predicted molar refractivity (Wildman–Crippen MR) is 55.5 cm³/mol. The number of ketones is 1. The van der Waals surface area contributed by atoms with Crippen molar-refractivity contribution in [1.29, 1.82) is 0 Å². The molecule has 2 aromatic heterocycles. The quantitative estimate of drug-likeness (QED) is 0.824. The van der Waals surface area contributed by atoms with Crippen molar-refractivity contribution in [2.75, 3.05) is 0 Å². The third-order valence-corrected chi connectivity index (χ3v) is 2.14. The van der Waals surface area contributed by atoms with Crippen LogP contribution in [0.1, 0.15) is 12.6 Å². The van der Waals surface area contributed by atoms with Crippen LogP contribution in [0, 0.1) is 0 Å². The number of nitrogens with zero attached hydrogens (tertiary/aromatic N) is 1. The molecule has 3 nitrogen and oxygen atoms in total. The fourth-order valence-electron chi connectivity index (χ4n) is 1.40. The number of rotatable bonds is 2. The lowest BCUT2D eigenvalue weighted by Gasteiger charge is -1.89. The number of fused-ring (bicyclic) bond motifs is 1. The maximum atomic E-state index is 10.9. The molecule has 4 heteroatoms. The summed E-state index contributed by atoms with van der Waals surface area (Å²) in [6.45, 7) is 1.56. The van der Waals surface area contributed by atoms with Gasteiger partial charge in [0.15, 0.2) is 0 Å². The van der Waals surface area contributed by atoms with Gasteiger partial charge in [-0.15, -0.1) is 0 Å². The Bertz CT molecular complexity index is 490. The number of aromatic amines is 1. The van der Waals surface area contributed by atoms with Crippen LogP contribution in [0.15, 0.2) is 18.3 Å². The van der Waals surface area contributed by atoms with Gasteiger partial charge in [0.25, 0.3) is 0 Å². The molecule has 0 radical (unpaired) electrons. The Morgan fingerprint density at radius 2 is 2.36 bits per heavy atom. The van der Waals surface area contributed by atoms with Crippen LogP contribution in [0.25, 0.3) is 11.0 Å². The molecule has 0 bridgehead atoms. The Morgan fingerprint density at radius 1 is 1.57 bits per heavy atom. The monoisotopic (exact) mass is 208 g/mol. The number of carbonyl (C=O) groups is 1. The van der Waals surface area contributed by atoms with Crippen LogP contribution < -0.4 is 0 Å². The summed E-state index contributed by atoms with van der Waals surface area (Å²) in [6, 6.07) is 3.67. The molecule has 0 saturated carbocycles. The zero-order valence-corrected chi connectivity index (χ0v) is 8.43. The van der Waals surface area contributed by atoms with Crippen molar-refractivity contribution in [2.45, 2.75) is 13.3 Å². The Labute approximate surface area is 86.1 Å². The van der Waals surface area contributed by atoms with Gasteiger partial charge in [0.1, 0.15) is 5.78 Å². The molecule has 0 amide bonds. The lowest BCUT2D eigenvalue weighted by atomic mass is 10.2. The Kier molecular flexibility index (Phi) is 2.25. The molecule has 0 aliphatic carbocycles. The lowest BCUT2D eigenvalue weighted by Crippen LogP contribution is -1.95. The van der Waals surface area contributed by atoms with E-state index in [1.807, 2.05) is 6.07 Å². The number of hydrogen-bond acceptors (Lipinski definition) is 2. The standard InChI is InChI=1S/C10H9ClN2O/c1-6(14)2-8-4-9-10(13-8)3-7(11)5-12-9/h3-5,13H,2H2,1H3. The normalized spacial score (nSPS) is 10.7. The van der Waals surface area contributed by atoms with Crippen LogP contribution in [-0.2, 0) is 11.2 Å². The molecule has 0 spiro atoms. The first-order chi connectivity index (χ1) is 6.65. The smallest absolute Gasteiger partial charge is 0.135 e. The highest BCUT2D eigenvalue weighted by Crippen LogP contribution is 2.17. The SMILES string of the molecule is CC(=O)Cc1cc2ncc(Cl)cc2[nH]1. The van der Waals surface area contributed by atoms with Gasteiger partial charge in [0.05, 0.1) is 16.1 Å². The number of H-pyrrole nitrogens is 1. The van der Waals surface area contributed by atoms with Crippen LogP contribution in [0.3, 0.4) is 0 Å². The van der Waals surface area contributed by atoms with Crippen LogP contribution in [-0.4, -0.2) is 15.8 Å². The minimum Gasteiger partial charge on any atom is -0.357 e. The van der Waals surface area contributed by atoms with Gasteiger partial charge in [-0.25, -0.2) is 0 Å². The number of nitrogens with one attached hydrogen (secondary N) is 1. The van der Waals surface area contributed by atoms with E-state index in [0.717, 1.165) is 16.7 Å². The van der Waals surface area contributed by atoms with Gasteiger partial charge in [-0.1, -0.05) is 11.6 Å². The first-order valence-corrected chi connectivity index (χ1v) is 4.65. The maximum absolute atomic E-state index is 10.9. The number of aromatic nitrogens is 2. The molecule has 14 heavy (non-hydrogen) atoms. The summed E-state index contributed by atoms with van der Waals surface area (Å²) >= 11 is 5.78. The Hall–Kier alpha value is -1.35. The fourth-order valence-corrected chi connectivity index (χ4v) is 1.56. The van der Waals surface area contributed by atoms with Crippen LogP contribution in [0.4, 0.5) is 0 Å². The predicted octanol–water partition coefficient (Wildman–Crippen LogP) is 2.35. The van der Waals surface area contributed by atoms with Crippen molar-refractivity contribution in [3.8, 4) is 0 Å². The average Bonchev–Trinajstić information content (AvgIpc) is 2.44. The van der Waals surface area contributed by atoms with Crippen LogP contribution >= 0.6 is 11.6 Å². The molecule has 0 aliphatic heterocycles. The van der Waals surface area contributed by atoms with Gasteiger partial charge in [0.2, 0.25) is 0 Å². The molecule has 2 rings (SSSR count). The Balaban J connectivity index is 2.46. The van der Waals surface area contributed by atoms with Crippen molar-refractivity contribution in [2.24, 2.45) is 0 Å². The molecule has 0 aromatic carbocycles. The van der Waals surface area contributed by atoms with Crippen molar-refractivity contribution in [3.63, 3.8) is 0 Å². The molecular formula is C10H9ClN2O. The highest BCUT2D eigenvalue weighted by molar-refractivity contribution is 6.31. The lowest BCUT2D eigenvalue weighted by molar-refractivity contribution is -0.116. The highest BCUT2D eigenvalue weighted by Gasteiger charge is 2.04. The van der Waals surface area contributed by atoms with Gasteiger partial charge in [0, 0.05) is 18.3 Å². The molecule has 2 aromatic rings. The number of hydrogen-bond donors (Lipinski definition) is 1. The molecular weight excluding hydrogens is 200 g/mol. The zero-order chi connectivity index (χ0) is 10.1. The van der Waals surface area contributed by atoms with Crippen LogP contribution in [0.5, 0.6) is 0 Å². The van der Waals surface area contributed by atoms with E-state index >= 15 is 0 Å². The van der Waals surface area contributed by atoms with Crippen molar-refractivity contribution >= 4 is 28.4 Å². The summed E-state index contributed by atoms with van der Waals surface area (Å²) in [6.07, 6.45) is 2.00. The number of halogens is 1. The largest absolute Gasteiger partial charge is 0.357 e. The second-order valence-corrected chi connectivity index (χ2v) is 3.70. The van der Waals surface area contributed by atoms with Crippen molar-refractivity contribution < 1.29 is 4.79 Å².